The number of carbonyl (C=O) groups excluding carboxylic acids is 1. The van der Waals surface area contributed by atoms with Crippen LogP contribution in [-0.2, 0) is 4.79 Å². The highest BCUT2D eigenvalue weighted by Crippen LogP contribution is 2.01. The van der Waals surface area contributed by atoms with Gasteiger partial charge < -0.3 is 25.5 Å². The number of hydrogen-bond acceptors (Lipinski definition) is 4. The molecule has 1 rings (SSSR count). The first kappa shape index (κ1) is 17.7. The number of nitrogens with zero attached hydrogens (tertiary/aromatic N) is 2. The van der Waals surface area contributed by atoms with Gasteiger partial charge >= 0.3 is 12.0 Å². The van der Waals surface area contributed by atoms with Crippen molar-refractivity contribution in [2.24, 2.45) is 5.92 Å². The number of nitrogens with one attached hydrogen (secondary N) is 2. The number of aliphatic carboxylic acids is 1. The Hall–Kier alpha value is -1.34. The lowest BCUT2D eigenvalue weighted by Crippen LogP contribution is -2.45. The molecule has 1 saturated heterocycles. The van der Waals surface area contributed by atoms with Crippen molar-refractivity contribution in [3.8, 4) is 0 Å². The summed E-state index contributed by atoms with van der Waals surface area (Å²) in [6, 6.07) is -0.175. The average molecular weight is 300 g/mol. The number of piperazine rings is 1. The van der Waals surface area contributed by atoms with Crippen LogP contribution in [0.15, 0.2) is 0 Å². The Morgan fingerprint density at radius 1 is 1.38 bits per heavy atom. The van der Waals surface area contributed by atoms with Gasteiger partial charge in [-0.05, 0) is 19.9 Å². The molecule has 0 saturated carbocycles. The lowest BCUT2D eigenvalue weighted by atomic mass is 10.2. The van der Waals surface area contributed by atoms with Crippen molar-refractivity contribution in [1.29, 1.82) is 0 Å². The van der Waals surface area contributed by atoms with Crippen LogP contribution in [0.25, 0.3) is 0 Å². The Bertz CT molecular complexity index is 332. The van der Waals surface area contributed by atoms with Gasteiger partial charge in [0.15, 0.2) is 0 Å². The van der Waals surface area contributed by atoms with E-state index in [1.807, 2.05) is 6.92 Å². The van der Waals surface area contributed by atoms with E-state index in [4.69, 9.17) is 5.11 Å². The van der Waals surface area contributed by atoms with Gasteiger partial charge in [-0.1, -0.05) is 6.92 Å². The molecule has 1 fully saturated rings. The number of hydrogen-bond donors (Lipinski definition) is 3. The van der Waals surface area contributed by atoms with Gasteiger partial charge in [-0.25, -0.2) is 4.79 Å². The van der Waals surface area contributed by atoms with Gasteiger partial charge in [0.1, 0.15) is 0 Å². The standard InChI is InChI=1S/C14H28N4O3/c1-3-18(11-12(2)13(19)20)14(21)16-5-4-8-17-9-6-15-7-10-17/h12,15H,3-11H2,1-2H3,(H,16,21)(H,19,20). The summed E-state index contributed by atoms with van der Waals surface area (Å²) in [5.74, 6) is -1.42. The maximum absolute atomic E-state index is 12.0. The zero-order valence-corrected chi connectivity index (χ0v) is 13.1. The molecule has 1 aliphatic heterocycles. The van der Waals surface area contributed by atoms with E-state index in [0.29, 0.717) is 13.1 Å². The van der Waals surface area contributed by atoms with Crippen LogP contribution in [0.4, 0.5) is 4.79 Å². The van der Waals surface area contributed by atoms with Gasteiger partial charge in [0.25, 0.3) is 0 Å². The second-order valence-corrected chi connectivity index (χ2v) is 5.46. The summed E-state index contributed by atoms with van der Waals surface area (Å²) >= 11 is 0. The van der Waals surface area contributed by atoms with Crippen LogP contribution < -0.4 is 10.6 Å². The minimum Gasteiger partial charge on any atom is -0.481 e. The topological polar surface area (TPSA) is 84.9 Å². The number of rotatable bonds is 8. The van der Waals surface area contributed by atoms with E-state index in [0.717, 1.165) is 39.1 Å². The van der Waals surface area contributed by atoms with E-state index in [9.17, 15) is 9.59 Å². The van der Waals surface area contributed by atoms with E-state index < -0.39 is 11.9 Å². The number of carboxylic acid groups (broad SMARTS) is 1. The van der Waals surface area contributed by atoms with Gasteiger partial charge in [0, 0.05) is 45.8 Å². The highest BCUT2D eigenvalue weighted by molar-refractivity contribution is 5.75. The minimum atomic E-state index is -0.875. The van der Waals surface area contributed by atoms with Gasteiger partial charge in [-0.3, -0.25) is 4.79 Å². The molecular formula is C14H28N4O3. The quantitative estimate of drug-likeness (QED) is 0.551. The van der Waals surface area contributed by atoms with Crippen molar-refractivity contribution in [2.75, 3.05) is 52.4 Å². The third-order valence-electron chi connectivity index (χ3n) is 3.72. The maximum atomic E-state index is 12.0. The van der Waals surface area contributed by atoms with Crippen molar-refractivity contribution in [1.82, 2.24) is 20.4 Å². The van der Waals surface area contributed by atoms with E-state index >= 15 is 0 Å². The molecular weight excluding hydrogens is 272 g/mol. The number of urea groups is 1. The normalized spacial score (nSPS) is 17.2. The summed E-state index contributed by atoms with van der Waals surface area (Å²) < 4.78 is 0. The van der Waals surface area contributed by atoms with Crippen LogP contribution in [0.1, 0.15) is 20.3 Å². The molecule has 1 atom stereocenters. The minimum absolute atomic E-state index is 0.175. The second kappa shape index (κ2) is 9.57. The largest absolute Gasteiger partial charge is 0.481 e. The summed E-state index contributed by atoms with van der Waals surface area (Å²) in [5, 5.41) is 15.1. The monoisotopic (exact) mass is 300 g/mol. The number of carbonyl (C=O) groups is 2. The molecule has 1 heterocycles. The molecule has 1 aliphatic rings. The SMILES string of the molecule is CCN(CC(C)C(=O)O)C(=O)NCCCN1CCNCC1. The molecule has 3 N–H and O–H groups in total. The Kier molecular flexibility index (Phi) is 8.07. The number of carboxylic acids is 1. The fourth-order valence-electron chi connectivity index (χ4n) is 2.31. The van der Waals surface area contributed by atoms with Crippen LogP contribution in [0.2, 0.25) is 0 Å². The molecule has 0 aromatic carbocycles. The van der Waals surface area contributed by atoms with Crippen molar-refractivity contribution < 1.29 is 14.7 Å². The molecule has 0 aliphatic carbocycles. The number of amides is 2. The van der Waals surface area contributed by atoms with Gasteiger partial charge in [-0.2, -0.15) is 0 Å². The van der Waals surface area contributed by atoms with Gasteiger partial charge in [-0.15, -0.1) is 0 Å². The van der Waals surface area contributed by atoms with Crippen molar-refractivity contribution in [3.05, 3.63) is 0 Å². The van der Waals surface area contributed by atoms with Crippen LogP contribution in [-0.4, -0.2) is 79.3 Å². The third kappa shape index (κ3) is 6.77. The van der Waals surface area contributed by atoms with Gasteiger partial charge in [0.2, 0.25) is 0 Å². The lowest BCUT2D eigenvalue weighted by molar-refractivity contribution is -0.141. The first-order valence-corrected chi connectivity index (χ1v) is 7.73. The highest BCUT2D eigenvalue weighted by atomic mass is 16.4. The summed E-state index contributed by atoms with van der Waals surface area (Å²) in [7, 11) is 0. The fraction of sp³-hybridized carbons (Fsp3) is 0.857. The maximum Gasteiger partial charge on any atom is 0.317 e. The summed E-state index contributed by atoms with van der Waals surface area (Å²) in [4.78, 5) is 26.7. The molecule has 2 amide bonds. The average Bonchev–Trinajstić information content (AvgIpc) is 2.49. The van der Waals surface area contributed by atoms with E-state index in [2.05, 4.69) is 15.5 Å². The fourth-order valence-corrected chi connectivity index (χ4v) is 2.31. The van der Waals surface area contributed by atoms with E-state index in [1.165, 1.54) is 0 Å². The van der Waals surface area contributed by atoms with Gasteiger partial charge in [0.05, 0.1) is 5.92 Å². The van der Waals surface area contributed by atoms with Crippen LogP contribution in [0, 0.1) is 5.92 Å². The van der Waals surface area contributed by atoms with Crippen LogP contribution in [0.3, 0.4) is 0 Å². The Balaban J connectivity index is 2.19. The third-order valence-corrected chi connectivity index (χ3v) is 3.72. The molecule has 0 aromatic heterocycles. The Labute approximate surface area is 126 Å². The Morgan fingerprint density at radius 3 is 2.62 bits per heavy atom. The summed E-state index contributed by atoms with van der Waals surface area (Å²) in [6.45, 7) is 10.0. The molecule has 0 radical (unpaired) electrons. The first-order chi connectivity index (χ1) is 10.0. The molecule has 0 bridgehead atoms. The predicted octanol–water partition coefficient (Wildman–Crippen LogP) is 0.0339. The molecule has 21 heavy (non-hydrogen) atoms. The van der Waals surface area contributed by atoms with Crippen molar-refractivity contribution in [3.63, 3.8) is 0 Å². The zero-order chi connectivity index (χ0) is 15.7. The van der Waals surface area contributed by atoms with E-state index in [1.54, 1.807) is 11.8 Å². The lowest BCUT2D eigenvalue weighted by Gasteiger charge is -2.27. The van der Waals surface area contributed by atoms with Crippen molar-refractivity contribution >= 4 is 12.0 Å². The molecule has 7 heteroatoms. The van der Waals surface area contributed by atoms with E-state index in [-0.39, 0.29) is 12.6 Å². The molecule has 0 aromatic rings. The second-order valence-electron chi connectivity index (χ2n) is 5.46. The van der Waals surface area contributed by atoms with Crippen LogP contribution in [0.5, 0.6) is 0 Å². The molecule has 122 valence electrons. The smallest absolute Gasteiger partial charge is 0.317 e. The molecule has 1 unspecified atom stereocenters. The summed E-state index contributed by atoms with van der Waals surface area (Å²) in [5.41, 5.74) is 0. The first-order valence-electron chi connectivity index (χ1n) is 7.73. The van der Waals surface area contributed by atoms with Crippen molar-refractivity contribution in [2.45, 2.75) is 20.3 Å². The van der Waals surface area contributed by atoms with Crippen LogP contribution >= 0.6 is 0 Å². The molecule has 0 spiro atoms. The molecule has 7 nitrogen and oxygen atoms in total. The highest BCUT2D eigenvalue weighted by Gasteiger charge is 2.19. The Morgan fingerprint density at radius 2 is 2.05 bits per heavy atom. The zero-order valence-electron chi connectivity index (χ0n) is 13.1. The predicted molar refractivity (Wildman–Crippen MR) is 81.4 cm³/mol. The summed E-state index contributed by atoms with van der Waals surface area (Å²) in [6.07, 6.45) is 0.914.